The van der Waals surface area contributed by atoms with E-state index < -0.39 is 6.10 Å². The molecule has 0 saturated heterocycles. The molecule has 1 aromatic carbocycles. The van der Waals surface area contributed by atoms with Gasteiger partial charge in [0.25, 0.3) is 5.69 Å². The minimum absolute atomic E-state index is 0.0564. The van der Waals surface area contributed by atoms with Crippen molar-refractivity contribution in [3.8, 4) is 5.75 Å². The van der Waals surface area contributed by atoms with E-state index in [9.17, 15) is 9.59 Å². The van der Waals surface area contributed by atoms with Crippen molar-refractivity contribution < 1.29 is 24.0 Å². The fourth-order valence-electron chi connectivity index (χ4n) is 4.19. The number of carbonyl (C=O) groups excluding carboxylic acids is 1. The van der Waals surface area contributed by atoms with Crippen molar-refractivity contribution in [3.63, 3.8) is 0 Å². The molecule has 1 aliphatic heterocycles. The fourth-order valence-corrected chi connectivity index (χ4v) is 4.19. The first-order valence-electron chi connectivity index (χ1n) is 12.5. The predicted octanol–water partition coefficient (Wildman–Crippen LogP) is 2.06. The summed E-state index contributed by atoms with van der Waals surface area (Å²) < 4.78 is 18.3. The third-order valence-electron chi connectivity index (χ3n) is 5.83. The van der Waals surface area contributed by atoms with Crippen molar-refractivity contribution >= 4 is 17.4 Å². The summed E-state index contributed by atoms with van der Waals surface area (Å²) >= 11 is 0. The Hall–Kier alpha value is -3.04. The van der Waals surface area contributed by atoms with Crippen molar-refractivity contribution in [1.82, 2.24) is 9.55 Å². The van der Waals surface area contributed by atoms with Gasteiger partial charge in [-0.05, 0) is 38.0 Å². The predicted molar refractivity (Wildman–Crippen MR) is 134 cm³/mol. The number of quaternary nitrogens is 1. The second-order valence-electron chi connectivity index (χ2n) is 8.35. The number of hydrogen-bond donors (Lipinski definition) is 1. The Balaban J connectivity index is 1.65. The molecular weight excluding hydrogens is 448 g/mol. The van der Waals surface area contributed by atoms with Gasteiger partial charge in [0, 0.05) is 19.4 Å². The van der Waals surface area contributed by atoms with Crippen LogP contribution in [-0.2, 0) is 33.7 Å². The number of nitrogens with one attached hydrogen (secondary N) is 1. The summed E-state index contributed by atoms with van der Waals surface area (Å²) in [6.07, 6.45) is 2.23. The SMILES string of the molecule is CCCC1=N[NH+](C)c2c1nc(CC)n(CCOc1ccc(CC(OCC)C(=O)OCC)cc1)c2=O. The second-order valence-corrected chi connectivity index (χ2v) is 8.35. The lowest BCUT2D eigenvalue weighted by molar-refractivity contribution is -0.815. The molecule has 190 valence electrons. The Morgan fingerprint density at radius 1 is 1.11 bits per heavy atom. The van der Waals surface area contributed by atoms with Crippen LogP contribution in [0.2, 0.25) is 0 Å². The topological polar surface area (TPSA) is 96.5 Å². The molecule has 0 fully saturated rings. The molecular formula is C26H37N4O5+. The molecule has 2 aromatic rings. The summed E-state index contributed by atoms with van der Waals surface area (Å²) in [4.78, 5) is 30.2. The Morgan fingerprint density at radius 3 is 2.49 bits per heavy atom. The average Bonchev–Trinajstić information content (AvgIpc) is 3.16. The summed E-state index contributed by atoms with van der Waals surface area (Å²) in [6.45, 7) is 9.21. The van der Waals surface area contributed by atoms with E-state index >= 15 is 0 Å². The molecule has 0 bridgehead atoms. The van der Waals surface area contributed by atoms with Crippen molar-refractivity contribution in [2.24, 2.45) is 5.10 Å². The first-order valence-corrected chi connectivity index (χ1v) is 12.5. The van der Waals surface area contributed by atoms with E-state index in [1.54, 1.807) is 11.5 Å². The quantitative estimate of drug-likeness (QED) is 0.437. The number of ether oxygens (including phenoxy) is 3. The van der Waals surface area contributed by atoms with Crippen molar-refractivity contribution in [1.29, 1.82) is 0 Å². The smallest absolute Gasteiger partial charge is 0.335 e. The van der Waals surface area contributed by atoms with Crippen LogP contribution < -0.4 is 15.3 Å². The Bertz CT molecular complexity index is 1090. The van der Waals surface area contributed by atoms with Crippen LogP contribution in [0.4, 0.5) is 5.69 Å². The average molecular weight is 486 g/mol. The number of rotatable bonds is 13. The fraction of sp³-hybridized carbons (Fsp3) is 0.538. The number of nitrogens with zero attached hydrogens (tertiary/aromatic N) is 3. The van der Waals surface area contributed by atoms with Gasteiger partial charge in [0.1, 0.15) is 23.9 Å². The third-order valence-corrected chi connectivity index (χ3v) is 5.83. The number of fused-ring (bicyclic) bond motifs is 1. The maximum absolute atomic E-state index is 13.3. The van der Waals surface area contributed by atoms with Gasteiger partial charge in [-0.2, -0.15) is 5.01 Å². The van der Waals surface area contributed by atoms with Gasteiger partial charge in [0.15, 0.2) is 11.8 Å². The molecule has 1 N–H and O–H groups in total. The zero-order valence-electron chi connectivity index (χ0n) is 21.4. The lowest BCUT2D eigenvalue weighted by Crippen LogP contribution is -2.99. The normalized spacial score (nSPS) is 15.5. The molecule has 2 atom stereocenters. The lowest BCUT2D eigenvalue weighted by atomic mass is 10.1. The van der Waals surface area contributed by atoms with Gasteiger partial charge in [-0.3, -0.25) is 9.36 Å². The highest BCUT2D eigenvalue weighted by atomic mass is 16.6. The number of benzene rings is 1. The van der Waals surface area contributed by atoms with E-state index in [2.05, 4.69) is 12.0 Å². The van der Waals surface area contributed by atoms with Gasteiger partial charge < -0.3 is 14.2 Å². The monoisotopic (exact) mass is 485 g/mol. The molecule has 9 heteroatoms. The van der Waals surface area contributed by atoms with Crippen LogP contribution >= 0.6 is 0 Å². The lowest BCUT2D eigenvalue weighted by Gasteiger charge is -2.16. The largest absolute Gasteiger partial charge is 0.492 e. The number of aromatic nitrogens is 2. The van der Waals surface area contributed by atoms with Gasteiger partial charge in [-0.1, -0.05) is 37.5 Å². The van der Waals surface area contributed by atoms with Crippen LogP contribution in [0.1, 0.15) is 57.6 Å². The minimum Gasteiger partial charge on any atom is -0.492 e. The molecule has 3 rings (SSSR count). The molecule has 35 heavy (non-hydrogen) atoms. The summed E-state index contributed by atoms with van der Waals surface area (Å²) in [6, 6.07) is 7.53. The van der Waals surface area contributed by atoms with Gasteiger partial charge in [0.05, 0.1) is 20.2 Å². The summed E-state index contributed by atoms with van der Waals surface area (Å²) in [5.74, 6) is 1.08. The molecule has 1 aliphatic rings. The molecule has 0 aliphatic carbocycles. The van der Waals surface area contributed by atoms with Crippen LogP contribution in [0.5, 0.6) is 5.75 Å². The summed E-state index contributed by atoms with van der Waals surface area (Å²) in [5, 5.41) is 5.34. The zero-order chi connectivity index (χ0) is 25.4. The molecule has 9 nitrogen and oxygen atoms in total. The first-order chi connectivity index (χ1) is 16.9. The van der Waals surface area contributed by atoms with E-state index in [-0.39, 0.29) is 11.5 Å². The van der Waals surface area contributed by atoms with E-state index in [0.29, 0.717) is 50.6 Å². The Kier molecular flexibility index (Phi) is 9.56. The van der Waals surface area contributed by atoms with E-state index in [4.69, 9.17) is 19.2 Å². The second kappa shape index (κ2) is 12.6. The van der Waals surface area contributed by atoms with E-state index in [1.807, 2.05) is 45.2 Å². The van der Waals surface area contributed by atoms with E-state index in [1.165, 1.54) is 0 Å². The Labute approximate surface area is 206 Å². The minimum atomic E-state index is -0.625. The van der Waals surface area contributed by atoms with Crippen LogP contribution in [0.3, 0.4) is 0 Å². The molecule has 1 aromatic heterocycles. The van der Waals surface area contributed by atoms with E-state index in [0.717, 1.165) is 40.6 Å². The van der Waals surface area contributed by atoms with Gasteiger partial charge in [0.2, 0.25) is 0 Å². The van der Waals surface area contributed by atoms with Crippen molar-refractivity contribution in [3.05, 3.63) is 51.7 Å². The highest BCUT2D eigenvalue weighted by Gasteiger charge is 2.32. The summed E-state index contributed by atoms with van der Waals surface area (Å²) in [7, 11) is 1.87. The number of aryl methyl sites for hydroxylation is 1. The molecule has 0 radical (unpaired) electrons. The third kappa shape index (κ3) is 6.35. The molecule has 0 saturated carbocycles. The molecule has 0 spiro atoms. The highest BCUT2D eigenvalue weighted by Crippen LogP contribution is 2.17. The number of esters is 1. The van der Waals surface area contributed by atoms with Gasteiger partial charge in [-0.25, -0.2) is 9.78 Å². The molecule has 2 unspecified atom stereocenters. The first kappa shape index (κ1) is 26.6. The highest BCUT2D eigenvalue weighted by molar-refractivity contribution is 6.02. The summed E-state index contributed by atoms with van der Waals surface area (Å²) in [5.41, 5.74) is 3.15. The van der Waals surface area contributed by atoms with Crippen molar-refractivity contribution in [2.75, 3.05) is 26.9 Å². The zero-order valence-corrected chi connectivity index (χ0v) is 21.4. The maximum atomic E-state index is 13.3. The van der Waals surface area contributed by atoms with Crippen LogP contribution in [0.15, 0.2) is 34.2 Å². The van der Waals surface area contributed by atoms with Crippen LogP contribution in [-0.4, -0.2) is 54.2 Å². The molecule has 0 amide bonds. The Morgan fingerprint density at radius 2 is 1.86 bits per heavy atom. The molecule has 2 heterocycles. The maximum Gasteiger partial charge on any atom is 0.335 e. The van der Waals surface area contributed by atoms with Gasteiger partial charge in [-0.15, -0.1) is 0 Å². The number of carbonyl (C=O) groups is 1. The van der Waals surface area contributed by atoms with Crippen LogP contribution in [0.25, 0.3) is 0 Å². The standard InChI is InChI=1S/C26H36N4O5/c1-6-10-20-23-24(29(5)28-20)25(31)30(22(7-2)27-23)15-16-35-19-13-11-18(12-14-19)17-21(33-8-3)26(32)34-9-4/h11-14,21H,6-10,15-17H2,1-5H3/p+1. The van der Waals surface area contributed by atoms with Crippen molar-refractivity contribution in [2.45, 2.75) is 66.0 Å². The number of hydrogen-bond acceptors (Lipinski definition) is 7. The van der Waals surface area contributed by atoms with Crippen LogP contribution in [0, 0.1) is 0 Å². The van der Waals surface area contributed by atoms with Gasteiger partial charge >= 0.3 is 11.5 Å².